The number of nitrogens with zero attached hydrogens (tertiary/aromatic N) is 3. The second-order valence-electron chi connectivity index (χ2n) is 8.32. The zero-order chi connectivity index (χ0) is 26.4. The summed E-state index contributed by atoms with van der Waals surface area (Å²) in [6.07, 6.45) is 4.13. The quantitative estimate of drug-likeness (QED) is 0.182. The predicted octanol–water partition coefficient (Wildman–Crippen LogP) is 6.74. The van der Waals surface area contributed by atoms with Gasteiger partial charge in [0, 0.05) is 20.9 Å². The van der Waals surface area contributed by atoms with Crippen LogP contribution in [0, 0.1) is 0 Å². The van der Waals surface area contributed by atoms with Gasteiger partial charge in [0.15, 0.2) is 11.5 Å². The van der Waals surface area contributed by atoms with Gasteiger partial charge in [0.25, 0.3) is 5.56 Å². The summed E-state index contributed by atoms with van der Waals surface area (Å²) < 4.78 is 20.4. The molecule has 0 bridgehead atoms. The maximum Gasteiger partial charge on any atom is 0.282 e. The molecule has 4 aromatic rings. The largest absolute Gasteiger partial charge is 0.493 e. The summed E-state index contributed by atoms with van der Waals surface area (Å²) >= 11 is 6.88. The first-order valence-electron chi connectivity index (χ1n) is 11.8. The molecule has 0 unspecified atom stereocenters. The average molecular weight is 629 g/mol. The summed E-state index contributed by atoms with van der Waals surface area (Å²) in [5.41, 5.74) is 2.13. The number of halogens is 2. The Morgan fingerprint density at radius 1 is 0.973 bits per heavy atom. The van der Waals surface area contributed by atoms with E-state index in [-0.39, 0.29) is 5.56 Å². The first kappa shape index (κ1) is 26.9. The Labute approximate surface area is 232 Å². The van der Waals surface area contributed by atoms with Gasteiger partial charge in [-0.2, -0.15) is 9.78 Å². The van der Waals surface area contributed by atoms with Crippen molar-refractivity contribution in [2.45, 2.75) is 32.8 Å². The minimum absolute atomic E-state index is 0.220. The minimum Gasteiger partial charge on any atom is -0.493 e. The highest BCUT2D eigenvalue weighted by Gasteiger charge is 2.15. The number of benzene rings is 3. The van der Waals surface area contributed by atoms with Gasteiger partial charge in [-0.3, -0.25) is 4.79 Å². The second kappa shape index (κ2) is 12.4. The molecule has 7 nitrogen and oxygen atoms in total. The molecule has 0 atom stereocenters. The summed E-state index contributed by atoms with van der Waals surface area (Å²) in [7, 11) is 3.14. The van der Waals surface area contributed by atoms with Crippen LogP contribution in [0.1, 0.15) is 36.7 Å². The fourth-order valence-corrected chi connectivity index (χ4v) is 4.41. The molecule has 0 N–H and O–H groups in total. The smallest absolute Gasteiger partial charge is 0.282 e. The van der Waals surface area contributed by atoms with Gasteiger partial charge >= 0.3 is 0 Å². The van der Waals surface area contributed by atoms with Crippen molar-refractivity contribution in [3.63, 3.8) is 0 Å². The highest BCUT2D eigenvalue weighted by Crippen LogP contribution is 2.38. The van der Waals surface area contributed by atoms with Gasteiger partial charge in [-0.15, -0.1) is 0 Å². The Bertz CT molecular complexity index is 1460. The molecule has 0 fully saturated rings. The number of ether oxygens (including phenoxy) is 3. The van der Waals surface area contributed by atoms with Crippen LogP contribution in [0.25, 0.3) is 10.9 Å². The Morgan fingerprint density at radius 2 is 1.65 bits per heavy atom. The number of hydrogen-bond donors (Lipinski definition) is 0. The maximum absolute atomic E-state index is 13.3. The third-order valence-corrected chi connectivity index (χ3v) is 6.75. The van der Waals surface area contributed by atoms with Crippen LogP contribution in [-0.2, 0) is 13.0 Å². The molecule has 0 radical (unpaired) electrons. The van der Waals surface area contributed by atoms with Crippen molar-refractivity contribution in [1.82, 2.24) is 9.66 Å². The third kappa shape index (κ3) is 6.40. The van der Waals surface area contributed by atoms with E-state index in [2.05, 4.69) is 43.9 Å². The topological polar surface area (TPSA) is 74.9 Å². The molecule has 0 saturated heterocycles. The summed E-state index contributed by atoms with van der Waals surface area (Å²) in [6.45, 7) is 2.45. The van der Waals surface area contributed by atoms with E-state index in [1.165, 1.54) is 4.68 Å². The van der Waals surface area contributed by atoms with Crippen LogP contribution < -0.4 is 19.8 Å². The lowest BCUT2D eigenvalue weighted by Gasteiger charge is -2.15. The van der Waals surface area contributed by atoms with E-state index < -0.39 is 0 Å². The summed E-state index contributed by atoms with van der Waals surface area (Å²) in [5.74, 6) is 2.10. The SMILES string of the molecule is CCCCc1nc2ccc(Br)cc2c(=O)n1N=Cc1cc(OC)c(OCc2ccc(Br)cc2)c(OC)c1. The van der Waals surface area contributed by atoms with E-state index in [9.17, 15) is 4.79 Å². The lowest BCUT2D eigenvalue weighted by Crippen LogP contribution is -2.22. The molecule has 1 heterocycles. The normalized spacial score (nSPS) is 11.3. The highest BCUT2D eigenvalue weighted by atomic mass is 79.9. The summed E-state index contributed by atoms with van der Waals surface area (Å²) in [4.78, 5) is 18.1. The number of fused-ring (bicyclic) bond motifs is 1. The third-order valence-electron chi connectivity index (χ3n) is 5.73. The van der Waals surface area contributed by atoms with Crippen molar-refractivity contribution in [2.75, 3.05) is 14.2 Å². The van der Waals surface area contributed by atoms with Gasteiger partial charge in [0.1, 0.15) is 12.4 Å². The molecule has 4 rings (SSSR count). The fourth-order valence-electron chi connectivity index (χ4n) is 3.79. The van der Waals surface area contributed by atoms with Crippen LogP contribution in [0.15, 0.2) is 73.4 Å². The number of unbranched alkanes of at least 4 members (excludes halogenated alkanes) is 1. The lowest BCUT2D eigenvalue weighted by molar-refractivity contribution is 0.266. The molecule has 1 aromatic heterocycles. The molecule has 0 aliphatic heterocycles. The number of methoxy groups -OCH3 is 2. The van der Waals surface area contributed by atoms with E-state index in [4.69, 9.17) is 19.2 Å². The van der Waals surface area contributed by atoms with Gasteiger partial charge in [-0.05, 0) is 54.4 Å². The minimum atomic E-state index is -0.220. The van der Waals surface area contributed by atoms with Gasteiger partial charge in [0.2, 0.25) is 5.75 Å². The molecule has 0 saturated carbocycles. The number of rotatable bonds is 10. The molecule has 0 aliphatic carbocycles. The van der Waals surface area contributed by atoms with Crippen LogP contribution in [0.5, 0.6) is 17.2 Å². The van der Waals surface area contributed by atoms with Crippen molar-refractivity contribution in [1.29, 1.82) is 0 Å². The first-order chi connectivity index (χ1) is 17.9. The van der Waals surface area contributed by atoms with Crippen molar-refractivity contribution < 1.29 is 14.2 Å². The van der Waals surface area contributed by atoms with Crippen molar-refractivity contribution in [2.24, 2.45) is 5.10 Å². The van der Waals surface area contributed by atoms with Crippen molar-refractivity contribution >= 4 is 49.0 Å². The zero-order valence-electron chi connectivity index (χ0n) is 20.8. The molecule has 0 spiro atoms. The molecule has 0 aliphatic rings. The predicted molar refractivity (Wildman–Crippen MR) is 153 cm³/mol. The molecular formula is C28H27Br2N3O4. The molecule has 3 aromatic carbocycles. The number of aromatic nitrogens is 2. The summed E-state index contributed by atoms with van der Waals surface area (Å²) in [6, 6.07) is 17.0. The molecular weight excluding hydrogens is 602 g/mol. The average Bonchev–Trinajstić information content (AvgIpc) is 2.91. The molecule has 9 heteroatoms. The van der Waals surface area contributed by atoms with Crippen LogP contribution in [0.2, 0.25) is 0 Å². The maximum atomic E-state index is 13.3. The van der Waals surface area contributed by atoms with E-state index in [1.807, 2.05) is 36.4 Å². The Kier molecular flexibility index (Phi) is 9.00. The molecule has 37 heavy (non-hydrogen) atoms. The van der Waals surface area contributed by atoms with E-state index in [0.717, 1.165) is 27.4 Å². The monoisotopic (exact) mass is 627 g/mol. The fraction of sp³-hybridized carbons (Fsp3) is 0.250. The standard InChI is InChI=1S/C28H27Br2N3O4/c1-4-5-6-26-32-23-12-11-21(30)15-22(23)28(34)33(26)31-16-19-13-24(35-2)27(25(14-19)36-3)37-17-18-7-9-20(29)10-8-18/h7-16H,4-6,17H2,1-3H3. The zero-order valence-corrected chi connectivity index (χ0v) is 24.0. The van der Waals surface area contributed by atoms with E-state index in [1.54, 1.807) is 38.6 Å². The highest BCUT2D eigenvalue weighted by molar-refractivity contribution is 9.10. The Hall–Kier alpha value is -3.17. The van der Waals surface area contributed by atoms with Crippen LogP contribution in [-0.4, -0.2) is 30.1 Å². The Balaban J connectivity index is 1.69. The Morgan fingerprint density at radius 3 is 2.30 bits per heavy atom. The van der Waals surface area contributed by atoms with Gasteiger partial charge < -0.3 is 14.2 Å². The van der Waals surface area contributed by atoms with Gasteiger partial charge in [-0.25, -0.2) is 4.98 Å². The van der Waals surface area contributed by atoms with Crippen molar-refractivity contribution in [3.05, 3.63) is 90.8 Å². The van der Waals surface area contributed by atoms with Crippen molar-refractivity contribution in [3.8, 4) is 17.2 Å². The van der Waals surface area contributed by atoms with Gasteiger partial charge in [0.05, 0.1) is 31.3 Å². The van der Waals surface area contributed by atoms with Crippen LogP contribution in [0.4, 0.5) is 0 Å². The lowest BCUT2D eigenvalue weighted by atomic mass is 10.2. The van der Waals surface area contributed by atoms with E-state index in [0.29, 0.717) is 52.6 Å². The molecule has 192 valence electrons. The summed E-state index contributed by atoms with van der Waals surface area (Å²) in [5, 5.41) is 5.03. The second-order valence-corrected chi connectivity index (χ2v) is 10.2. The first-order valence-corrected chi connectivity index (χ1v) is 13.4. The molecule has 0 amide bonds. The number of aryl methyl sites for hydroxylation is 1. The number of hydrogen-bond acceptors (Lipinski definition) is 6. The van der Waals surface area contributed by atoms with E-state index >= 15 is 0 Å². The van der Waals surface area contributed by atoms with Crippen LogP contribution in [0.3, 0.4) is 0 Å². The van der Waals surface area contributed by atoms with Crippen LogP contribution >= 0.6 is 31.9 Å². The van der Waals surface area contributed by atoms with Gasteiger partial charge in [-0.1, -0.05) is 57.3 Å².